The van der Waals surface area contributed by atoms with Gasteiger partial charge in [0.05, 0.1) is 17.9 Å². The molecule has 1 aromatic heterocycles. The van der Waals surface area contributed by atoms with Crippen LogP contribution < -0.4 is 10.2 Å². The van der Waals surface area contributed by atoms with E-state index in [0.29, 0.717) is 17.4 Å². The maximum Gasteiger partial charge on any atom is 0.243 e. The Kier molecular flexibility index (Phi) is 4.85. The van der Waals surface area contributed by atoms with E-state index in [1.165, 1.54) is 4.90 Å². The summed E-state index contributed by atoms with van der Waals surface area (Å²) in [5.41, 5.74) is 1.67. The van der Waals surface area contributed by atoms with Gasteiger partial charge in [-0.3, -0.25) is 4.79 Å². The molecule has 0 radical (unpaired) electrons. The summed E-state index contributed by atoms with van der Waals surface area (Å²) in [4.78, 5) is 19.6. The molecule has 4 nitrogen and oxygen atoms in total. The molecule has 3 rings (SSSR count). The van der Waals surface area contributed by atoms with E-state index in [2.05, 4.69) is 27.3 Å². The Hall–Kier alpha value is -1.72. The van der Waals surface area contributed by atoms with E-state index in [-0.39, 0.29) is 5.91 Å². The van der Waals surface area contributed by atoms with Gasteiger partial charge in [0.15, 0.2) is 5.15 Å². The highest BCUT2D eigenvalue weighted by molar-refractivity contribution is 7.99. The predicted octanol–water partition coefficient (Wildman–Crippen LogP) is 3.68. The largest absolute Gasteiger partial charge is 0.361 e. The number of hydrogen-bond donors (Lipinski definition) is 1. The van der Waals surface area contributed by atoms with Crippen LogP contribution in [0.1, 0.15) is 6.42 Å². The number of hydrogen-bond acceptors (Lipinski definition) is 4. The van der Waals surface area contributed by atoms with Crippen LogP contribution in [0.15, 0.2) is 47.5 Å². The maximum absolute atomic E-state index is 12.3. The average molecular weight is 334 g/mol. The SMILES string of the molecule is O=C(CN1CCCSc2ccccc21)Nc1cccnc1Cl. The average Bonchev–Trinajstić information content (AvgIpc) is 2.72. The molecule has 0 saturated heterocycles. The molecule has 1 amide bonds. The van der Waals surface area contributed by atoms with E-state index in [1.54, 1.807) is 18.3 Å². The third-order valence-corrected chi connectivity index (χ3v) is 4.85. The van der Waals surface area contributed by atoms with Gasteiger partial charge in [-0.15, -0.1) is 11.8 Å². The summed E-state index contributed by atoms with van der Waals surface area (Å²) in [6.07, 6.45) is 2.65. The molecular formula is C16H16ClN3OS. The van der Waals surface area contributed by atoms with Gasteiger partial charge >= 0.3 is 0 Å². The first kappa shape index (κ1) is 15.2. The molecule has 0 spiro atoms. The van der Waals surface area contributed by atoms with Gasteiger partial charge in [-0.2, -0.15) is 0 Å². The number of carbonyl (C=O) groups excluding carboxylic acids is 1. The van der Waals surface area contributed by atoms with E-state index < -0.39 is 0 Å². The van der Waals surface area contributed by atoms with Crippen molar-refractivity contribution in [1.82, 2.24) is 4.98 Å². The van der Waals surface area contributed by atoms with Gasteiger partial charge in [0.25, 0.3) is 0 Å². The molecule has 0 unspecified atom stereocenters. The van der Waals surface area contributed by atoms with Crippen LogP contribution in [0.3, 0.4) is 0 Å². The van der Waals surface area contributed by atoms with Gasteiger partial charge < -0.3 is 10.2 Å². The van der Waals surface area contributed by atoms with Crippen molar-refractivity contribution in [3.05, 3.63) is 47.7 Å². The number of rotatable bonds is 3. The van der Waals surface area contributed by atoms with Crippen LogP contribution in [0.4, 0.5) is 11.4 Å². The van der Waals surface area contributed by atoms with Crippen molar-refractivity contribution < 1.29 is 4.79 Å². The predicted molar refractivity (Wildman–Crippen MR) is 91.9 cm³/mol. The number of nitrogens with one attached hydrogen (secondary N) is 1. The lowest BCUT2D eigenvalue weighted by molar-refractivity contribution is -0.115. The van der Waals surface area contributed by atoms with Crippen molar-refractivity contribution in [3.8, 4) is 0 Å². The number of para-hydroxylation sites is 1. The van der Waals surface area contributed by atoms with Gasteiger partial charge in [-0.05, 0) is 36.4 Å². The van der Waals surface area contributed by atoms with Crippen molar-refractivity contribution in [2.45, 2.75) is 11.3 Å². The number of thioether (sulfide) groups is 1. The fraction of sp³-hybridized carbons (Fsp3) is 0.250. The minimum atomic E-state index is -0.0865. The smallest absolute Gasteiger partial charge is 0.243 e. The number of pyridine rings is 1. The Balaban J connectivity index is 1.73. The Morgan fingerprint density at radius 1 is 1.32 bits per heavy atom. The van der Waals surface area contributed by atoms with Gasteiger partial charge in [0.1, 0.15) is 0 Å². The number of halogens is 1. The van der Waals surface area contributed by atoms with Crippen LogP contribution in [0.25, 0.3) is 0 Å². The van der Waals surface area contributed by atoms with E-state index in [4.69, 9.17) is 11.6 Å². The summed E-state index contributed by atoms with van der Waals surface area (Å²) >= 11 is 7.82. The van der Waals surface area contributed by atoms with Crippen LogP contribution >= 0.6 is 23.4 Å². The van der Waals surface area contributed by atoms with Crippen molar-refractivity contribution in [3.63, 3.8) is 0 Å². The van der Waals surface area contributed by atoms with E-state index >= 15 is 0 Å². The van der Waals surface area contributed by atoms with Gasteiger partial charge in [-0.25, -0.2) is 4.98 Å². The Morgan fingerprint density at radius 3 is 3.05 bits per heavy atom. The summed E-state index contributed by atoms with van der Waals surface area (Å²) in [6, 6.07) is 11.7. The number of benzene rings is 1. The first-order valence-electron chi connectivity index (χ1n) is 7.11. The van der Waals surface area contributed by atoms with Crippen LogP contribution in [0, 0.1) is 0 Å². The molecule has 0 fully saturated rings. The van der Waals surface area contributed by atoms with E-state index in [9.17, 15) is 4.79 Å². The lowest BCUT2D eigenvalue weighted by Gasteiger charge is -2.23. The second-order valence-electron chi connectivity index (χ2n) is 4.98. The van der Waals surface area contributed by atoms with Gasteiger partial charge in [-0.1, -0.05) is 23.7 Å². The number of aromatic nitrogens is 1. The van der Waals surface area contributed by atoms with Crippen LogP contribution in [-0.4, -0.2) is 29.7 Å². The third kappa shape index (κ3) is 3.54. The number of anilines is 2. The number of nitrogens with zero attached hydrogens (tertiary/aromatic N) is 2. The standard InChI is InChI=1S/C16H16ClN3OS/c17-16-12(5-3-8-18-16)19-15(21)11-20-9-4-10-22-14-7-2-1-6-13(14)20/h1-3,5-8H,4,9-11H2,(H,19,21). The second-order valence-corrected chi connectivity index (χ2v) is 6.48. The highest BCUT2D eigenvalue weighted by Crippen LogP contribution is 2.33. The Morgan fingerprint density at radius 2 is 2.18 bits per heavy atom. The molecule has 2 heterocycles. The zero-order valence-electron chi connectivity index (χ0n) is 12.0. The summed E-state index contributed by atoms with van der Waals surface area (Å²) in [5, 5.41) is 3.13. The maximum atomic E-state index is 12.3. The zero-order valence-corrected chi connectivity index (χ0v) is 13.5. The first-order chi connectivity index (χ1) is 10.7. The van der Waals surface area contributed by atoms with Crippen molar-refractivity contribution in [1.29, 1.82) is 0 Å². The quantitative estimate of drug-likeness (QED) is 0.870. The Bertz CT molecular complexity index is 680. The second kappa shape index (κ2) is 7.03. The topological polar surface area (TPSA) is 45.2 Å². The minimum absolute atomic E-state index is 0.0865. The fourth-order valence-corrected chi connectivity index (χ4v) is 3.58. The molecule has 1 aromatic carbocycles. The van der Waals surface area contributed by atoms with Crippen LogP contribution in [-0.2, 0) is 4.79 Å². The molecular weight excluding hydrogens is 318 g/mol. The van der Waals surface area contributed by atoms with Crippen LogP contribution in [0.2, 0.25) is 5.15 Å². The molecule has 2 aromatic rings. The summed E-state index contributed by atoms with van der Waals surface area (Å²) in [5.74, 6) is 0.987. The number of amides is 1. The molecule has 0 aliphatic carbocycles. The van der Waals surface area contributed by atoms with E-state index in [1.807, 2.05) is 23.9 Å². The Labute approximate surface area is 138 Å². The normalized spacial score (nSPS) is 14.1. The lowest BCUT2D eigenvalue weighted by atomic mass is 10.2. The number of carbonyl (C=O) groups is 1. The molecule has 22 heavy (non-hydrogen) atoms. The molecule has 0 saturated carbocycles. The van der Waals surface area contributed by atoms with Gasteiger partial charge in [0, 0.05) is 17.6 Å². The molecule has 6 heteroatoms. The minimum Gasteiger partial charge on any atom is -0.361 e. The first-order valence-corrected chi connectivity index (χ1v) is 8.47. The molecule has 114 valence electrons. The molecule has 1 aliphatic heterocycles. The fourth-order valence-electron chi connectivity index (χ4n) is 2.41. The van der Waals surface area contributed by atoms with E-state index in [0.717, 1.165) is 24.4 Å². The monoisotopic (exact) mass is 333 g/mol. The van der Waals surface area contributed by atoms with Crippen molar-refractivity contribution in [2.75, 3.05) is 29.1 Å². The molecule has 0 atom stereocenters. The molecule has 1 aliphatic rings. The third-order valence-electron chi connectivity index (χ3n) is 3.40. The molecule has 0 bridgehead atoms. The van der Waals surface area contributed by atoms with Gasteiger partial charge in [0.2, 0.25) is 5.91 Å². The lowest BCUT2D eigenvalue weighted by Crippen LogP contribution is -2.34. The highest BCUT2D eigenvalue weighted by Gasteiger charge is 2.18. The summed E-state index contributed by atoms with van der Waals surface area (Å²) in [6.45, 7) is 1.18. The van der Waals surface area contributed by atoms with Crippen LogP contribution in [0.5, 0.6) is 0 Å². The van der Waals surface area contributed by atoms with Crippen molar-refractivity contribution >= 4 is 40.6 Å². The number of fused-ring (bicyclic) bond motifs is 1. The summed E-state index contributed by atoms with van der Waals surface area (Å²) in [7, 11) is 0. The van der Waals surface area contributed by atoms with Crippen molar-refractivity contribution in [2.24, 2.45) is 0 Å². The molecule has 1 N–H and O–H groups in total. The summed E-state index contributed by atoms with van der Waals surface area (Å²) < 4.78 is 0. The zero-order chi connectivity index (χ0) is 15.4. The highest BCUT2D eigenvalue weighted by atomic mass is 35.5.